The Morgan fingerprint density at radius 2 is 1.59 bits per heavy atom. The summed E-state index contributed by atoms with van der Waals surface area (Å²) in [5.41, 5.74) is -2.37. The van der Waals surface area contributed by atoms with Crippen LogP contribution in [0.25, 0.3) is 0 Å². The molecule has 1 aliphatic heterocycles. The zero-order chi connectivity index (χ0) is 24.1. The predicted molar refractivity (Wildman–Crippen MR) is 100 cm³/mol. The number of aliphatic hydroxyl groups excluding tert-OH is 4. The molecule has 0 spiro atoms. The third kappa shape index (κ3) is 6.35. The molecule has 13 nitrogen and oxygen atoms in total. The summed E-state index contributed by atoms with van der Waals surface area (Å²) in [6.07, 6.45) is -9.47. The molecule has 1 aromatic rings. The summed E-state index contributed by atoms with van der Waals surface area (Å²) in [5.74, 6) is -4.42. The van der Waals surface area contributed by atoms with Gasteiger partial charge in [0.05, 0.1) is 19.4 Å². The van der Waals surface area contributed by atoms with E-state index in [-0.39, 0.29) is 12.4 Å². The lowest BCUT2D eigenvalue weighted by Gasteiger charge is -2.39. The molecule has 32 heavy (non-hydrogen) atoms. The summed E-state index contributed by atoms with van der Waals surface area (Å²) in [5, 5.41) is 66.2. The minimum atomic E-state index is -2.80. The van der Waals surface area contributed by atoms with Gasteiger partial charge >= 0.3 is 17.9 Å². The molecule has 7 N–H and O–H groups in total. The number of hydrogen-bond donors (Lipinski definition) is 7. The quantitative estimate of drug-likeness (QED) is 0.181. The highest BCUT2D eigenvalue weighted by atomic mass is 16.7. The number of carbonyl (C=O) groups excluding carboxylic acids is 1. The number of carboxylic acid groups (broad SMARTS) is 2. The van der Waals surface area contributed by atoms with Crippen molar-refractivity contribution < 1.29 is 64.3 Å². The molecule has 1 aliphatic rings. The van der Waals surface area contributed by atoms with Gasteiger partial charge in [0.25, 0.3) is 0 Å². The third-order valence-electron chi connectivity index (χ3n) is 4.70. The van der Waals surface area contributed by atoms with Crippen LogP contribution in [0.5, 0.6) is 5.75 Å². The Bertz CT molecular complexity index is 808. The van der Waals surface area contributed by atoms with Crippen LogP contribution in [0.1, 0.15) is 18.4 Å². The summed E-state index contributed by atoms with van der Waals surface area (Å²) in [6.45, 7) is -0.930. The zero-order valence-corrected chi connectivity index (χ0v) is 16.6. The highest BCUT2D eigenvalue weighted by Gasteiger charge is 2.45. The second-order valence-corrected chi connectivity index (χ2v) is 7.20. The maximum Gasteiger partial charge on any atom is 0.336 e. The van der Waals surface area contributed by atoms with Gasteiger partial charge in [0.2, 0.25) is 6.29 Å². The first-order valence-electron chi connectivity index (χ1n) is 9.36. The number of carbonyl (C=O) groups is 3. The number of esters is 1. The number of aliphatic hydroxyl groups is 5. The van der Waals surface area contributed by atoms with Crippen LogP contribution in [0.4, 0.5) is 0 Å². The van der Waals surface area contributed by atoms with Crippen molar-refractivity contribution >= 4 is 17.9 Å². The van der Waals surface area contributed by atoms with E-state index in [1.165, 1.54) is 24.3 Å². The molecule has 6 atom stereocenters. The van der Waals surface area contributed by atoms with Crippen LogP contribution in [0.15, 0.2) is 24.3 Å². The van der Waals surface area contributed by atoms with Crippen molar-refractivity contribution in [2.75, 3.05) is 6.61 Å². The maximum absolute atomic E-state index is 11.8. The van der Waals surface area contributed by atoms with Crippen molar-refractivity contribution in [3.63, 3.8) is 0 Å². The summed E-state index contributed by atoms with van der Waals surface area (Å²) < 4.78 is 15.5. The molecule has 0 radical (unpaired) electrons. The van der Waals surface area contributed by atoms with Crippen LogP contribution >= 0.6 is 0 Å². The highest BCUT2D eigenvalue weighted by molar-refractivity contribution is 5.88. The molecular weight excluding hydrogens is 436 g/mol. The minimum Gasteiger partial charge on any atom is -0.481 e. The molecule has 0 saturated carbocycles. The van der Waals surface area contributed by atoms with Gasteiger partial charge in [0.15, 0.2) is 5.60 Å². The Kier molecular flexibility index (Phi) is 8.49. The fourth-order valence-corrected chi connectivity index (χ4v) is 2.88. The number of rotatable bonds is 10. The molecule has 1 heterocycles. The highest BCUT2D eigenvalue weighted by Crippen LogP contribution is 2.25. The van der Waals surface area contributed by atoms with Gasteiger partial charge in [-0.2, -0.15) is 0 Å². The number of aliphatic carboxylic acids is 2. The fraction of sp³-hybridized carbons (Fsp3) is 0.526. The van der Waals surface area contributed by atoms with Crippen molar-refractivity contribution in [3.8, 4) is 5.75 Å². The number of benzene rings is 1. The smallest absolute Gasteiger partial charge is 0.336 e. The molecule has 2 rings (SSSR count). The molecule has 0 bridgehead atoms. The number of hydrogen-bond acceptors (Lipinski definition) is 11. The standard InChI is InChI=1S/C19H24O13/c20-7-11-14(24)15(25)16(26)17(32-11)31-10-3-1-9(2-4-10)8-30-13(23)6-19(29,18(27)28)5-12(21)22/h1-4,11,14-17,20,24-26,29H,5-8H2,(H,21,22)(H,27,28)/t11-,14-,15+,16-,17+,19+/m0/s1. The van der Waals surface area contributed by atoms with Crippen LogP contribution in [-0.2, 0) is 30.5 Å². The van der Waals surface area contributed by atoms with Gasteiger partial charge in [-0.25, -0.2) is 4.79 Å². The Morgan fingerprint density at radius 1 is 0.969 bits per heavy atom. The zero-order valence-electron chi connectivity index (χ0n) is 16.6. The van der Waals surface area contributed by atoms with Crippen molar-refractivity contribution in [1.82, 2.24) is 0 Å². The Labute approximate surface area is 181 Å². The van der Waals surface area contributed by atoms with Crippen LogP contribution in [0, 0.1) is 0 Å². The summed E-state index contributed by atoms with van der Waals surface area (Å²) in [6, 6.07) is 5.71. The van der Waals surface area contributed by atoms with Gasteiger partial charge in [0, 0.05) is 0 Å². The Balaban J connectivity index is 1.92. The first-order valence-corrected chi connectivity index (χ1v) is 9.36. The van der Waals surface area contributed by atoms with E-state index in [2.05, 4.69) is 0 Å². The first kappa shape index (κ1) is 25.5. The van der Waals surface area contributed by atoms with Crippen molar-refractivity contribution in [2.45, 2.75) is 55.8 Å². The van der Waals surface area contributed by atoms with Crippen molar-refractivity contribution in [1.29, 1.82) is 0 Å². The van der Waals surface area contributed by atoms with E-state index >= 15 is 0 Å². The minimum absolute atomic E-state index is 0.172. The van der Waals surface area contributed by atoms with Crippen LogP contribution in [-0.4, -0.2) is 96.6 Å². The largest absolute Gasteiger partial charge is 0.481 e. The van der Waals surface area contributed by atoms with Crippen LogP contribution < -0.4 is 4.74 Å². The second kappa shape index (κ2) is 10.7. The third-order valence-corrected chi connectivity index (χ3v) is 4.70. The summed E-state index contributed by atoms with van der Waals surface area (Å²) >= 11 is 0. The van der Waals surface area contributed by atoms with E-state index in [4.69, 9.17) is 24.4 Å². The van der Waals surface area contributed by atoms with Gasteiger partial charge in [-0.15, -0.1) is 0 Å². The van der Waals surface area contributed by atoms with E-state index in [1.54, 1.807) is 0 Å². The average molecular weight is 460 g/mol. The molecule has 0 unspecified atom stereocenters. The van der Waals surface area contributed by atoms with E-state index < -0.39 is 73.7 Å². The molecule has 1 fully saturated rings. The molecule has 13 heteroatoms. The lowest BCUT2D eigenvalue weighted by molar-refractivity contribution is -0.277. The molecule has 0 aromatic heterocycles. The van der Waals surface area contributed by atoms with E-state index in [9.17, 15) is 39.9 Å². The second-order valence-electron chi connectivity index (χ2n) is 7.20. The van der Waals surface area contributed by atoms with Gasteiger partial charge < -0.3 is 50.0 Å². The normalized spacial score (nSPS) is 27.2. The first-order chi connectivity index (χ1) is 15.0. The molecule has 1 aromatic carbocycles. The van der Waals surface area contributed by atoms with Gasteiger partial charge in [-0.05, 0) is 17.7 Å². The van der Waals surface area contributed by atoms with E-state index in [1.807, 2.05) is 0 Å². The lowest BCUT2D eigenvalue weighted by atomic mass is 9.96. The molecular formula is C19H24O13. The molecule has 1 saturated heterocycles. The number of ether oxygens (including phenoxy) is 3. The van der Waals surface area contributed by atoms with Crippen molar-refractivity contribution in [2.24, 2.45) is 0 Å². The molecule has 0 aliphatic carbocycles. The SMILES string of the molecule is O=C(O)C[C@@](O)(CC(=O)OCc1ccc(O[C@@H]2O[C@@H](CO)[C@H](O)[C@@H](O)[C@@H]2O)cc1)C(=O)O. The van der Waals surface area contributed by atoms with Crippen LogP contribution in [0.3, 0.4) is 0 Å². The number of carboxylic acids is 2. The monoisotopic (exact) mass is 460 g/mol. The van der Waals surface area contributed by atoms with Gasteiger partial charge in [0.1, 0.15) is 36.8 Å². The predicted octanol–water partition coefficient (Wildman–Crippen LogP) is -2.41. The molecule has 0 amide bonds. The summed E-state index contributed by atoms with van der Waals surface area (Å²) in [4.78, 5) is 33.6. The molecule has 178 valence electrons. The average Bonchev–Trinajstić information content (AvgIpc) is 2.72. The van der Waals surface area contributed by atoms with Crippen molar-refractivity contribution in [3.05, 3.63) is 29.8 Å². The van der Waals surface area contributed by atoms with Gasteiger partial charge in [-0.3, -0.25) is 9.59 Å². The lowest BCUT2D eigenvalue weighted by Crippen LogP contribution is -2.60. The Hall–Kier alpha value is -2.81. The van der Waals surface area contributed by atoms with Gasteiger partial charge in [-0.1, -0.05) is 12.1 Å². The summed E-state index contributed by atoms with van der Waals surface area (Å²) in [7, 11) is 0. The van der Waals surface area contributed by atoms with E-state index in [0.29, 0.717) is 5.56 Å². The maximum atomic E-state index is 11.8. The van der Waals surface area contributed by atoms with Crippen LogP contribution in [0.2, 0.25) is 0 Å². The van der Waals surface area contributed by atoms with E-state index in [0.717, 1.165) is 0 Å². The topological polar surface area (TPSA) is 221 Å². The Morgan fingerprint density at radius 3 is 2.12 bits per heavy atom. The fourth-order valence-electron chi connectivity index (χ4n) is 2.88.